The maximum atomic E-state index is 5.68. The molecule has 1 aliphatic rings. The van der Waals surface area contributed by atoms with Gasteiger partial charge in [0.2, 0.25) is 0 Å². The Morgan fingerprint density at radius 2 is 2.20 bits per heavy atom. The standard InChI is InChI=1S/C8H16OS/c1-6(2)8(4)9-5-7(3)10-8/h6-7H,5H2,1-4H3/t7-,8-/m0/s1. The largest absolute Gasteiger partial charge is 0.363 e. The first-order chi connectivity index (χ1) is 4.54. The molecule has 2 atom stereocenters. The van der Waals surface area contributed by atoms with E-state index in [1.807, 2.05) is 11.8 Å². The van der Waals surface area contributed by atoms with Crippen molar-refractivity contribution in [2.24, 2.45) is 5.92 Å². The van der Waals surface area contributed by atoms with Gasteiger partial charge >= 0.3 is 0 Å². The molecule has 0 aromatic rings. The van der Waals surface area contributed by atoms with E-state index < -0.39 is 0 Å². The summed E-state index contributed by atoms with van der Waals surface area (Å²) in [7, 11) is 0. The normalized spacial score (nSPS) is 41.1. The predicted molar refractivity (Wildman–Crippen MR) is 46.2 cm³/mol. The minimum Gasteiger partial charge on any atom is -0.363 e. The van der Waals surface area contributed by atoms with E-state index in [1.54, 1.807) is 0 Å². The summed E-state index contributed by atoms with van der Waals surface area (Å²) in [5.41, 5.74) is 0. The van der Waals surface area contributed by atoms with Crippen molar-refractivity contribution in [1.82, 2.24) is 0 Å². The molecule has 1 nitrogen and oxygen atoms in total. The fourth-order valence-electron chi connectivity index (χ4n) is 1.05. The third-order valence-corrected chi connectivity index (χ3v) is 3.68. The Hall–Kier alpha value is 0.310. The summed E-state index contributed by atoms with van der Waals surface area (Å²) in [5, 5.41) is 0.674. The van der Waals surface area contributed by atoms with Crippen molar-refractivity contribution in [3.63, 3.8) is 0 Å². The molecule has 0 aromatic heterocycles. The van der Waals surface area contributed by atoms with Gasteiger partial charge in [0.25, 0.3) is 0 Å². The van der Waals surface area contributed by atoms with Gasteiger partial charge in [0, 0.05) is 5.25 Å². The summed E-state index contributed by atoms with van der Waals surface area (Å²) in [6.45, 7) is 9.75. The van der Waals surface area contributed by atoms with Gasteiger partial charge in [0.15, 0.2) is 0 Å². The summed E-state index contributed by atoms with van der Waals surface area (Å²) in [4.78, 5) is 0.0828. The molecule has 0 saturated carbocycles. The Bertz CT molecular complexity index is 124. The molecule has 2 heteroatoms. The molecule has 1 fully saturated rings. The quantitative estimate of drug-likeness (QED) is 0.583. The number of rotatable bonds is 1. The minimum atomic E-state index is 0.0828. The van der Waals surface area contributed by atoms with Crippen molar-refractivity contribution < 1.29 is 4.74 Å². The van der Waals surface area contributed by atoms with Crippen LogP contribution in [0.5, 0.6) is 0 Å². The number of ether oxygens (including phenoxy) is 1. The van der Waals surface area contributed by atoms with E-state index in [2.05, 4.69) is 27.7 Å². The monoisotopic (exact) mass is 160 g/mol. The molecule has 0 spiro atoms. The lowest BCUT2D eigenvalue weighted by atomic mass is 10.1. The van der Waals surface area contributed by atoms with E-state index in [-0.39, 0.29) is 4.93 Å². The van der Waals surface area contributed by atoms with Crippen LogP contribution in [0.4, 0.5) is 0 Å². The number of thioether (sulfide) groups is 1. The molecule has 0 radical (unpaired) electrons. The van der Waals surface area contributed by atoms with E-state index in [0.717, 1.165) is 6.61 Å². The Morgan fingerprint density at radius 3 is 2.40 bits per heavy atom. The van der Waals surface area contributed by atoms with Gasteiger partial charge in [0.1, 0.15) is 4.93 Å². The first-order valence-corrected chi connectivity index (χ1v) is 4.74. The smallest absolute Gasteiger partial charge is 0.113 e. The van der Waals surface area contributed by atoms with Crippen LogP contribution in [0.2, 0.25) is 0 Å². The van der Waals surface area contributed by atoms with Crippen LogP contribution in [0.1, 0.15) is 27.7 Å². The highest BCUT2D eigenvalue weighted by atomic mass is 32.2. The summed E-state index contributed by atoms with van der Waals surface area (Å²) in [6, 6.07) is 0. The maximum absolute atomic E-state index is 5.68. The first kappa shape index (κ1) is 8.41. The van der Waals surface area contributed by atoms with Gasteiger partial charge in [-0.25, -0.2) is 0 Å². The van der Waals surface area contributed by atoms with Crippen molar-refractivity contribution >= 4 is 11.8 Å². The summed E-state index contributed by atoms with van der Waals surface area (Å²) in [6.07, 6.45) is 0. The third kappa shape index (κ3) is 1.48. The molecule has 0 aliphatic carbocycles. The average Bonchev–Trinajstić information content (AvgIpc) is 2.13. The van der Waals surface area contributed by atoms with Gasteiger partial charge < -0.3 is 4.74 Å². The van der Waals surface area contributed by atoms with E-state index in [4.69, 9.17) is 4.74 Å². The van der Waals surface area contributed by atoms with Crippen molar-refractivity contribution in [2.45, 2.75) is 37.9 Å². The lowest BCUT2D eigenvalue weighted by molar-refractivity contribution is 0.0272. The summed E-state index contributed by atoms with van der Waals surface area (Å²) < 4.78 is 5.68. The SMILES string of the molecule is CC(C)[C@@]1(C)OC[C@H](C)S1. The highest BCUT2D eigenvalue weighted by molar-refractivity contribution is 8.01. The van der Waals surface area contributed by atoms with E-state index in [0.29, 0.717) is 11.2 Å². The van der Waals surface area contributed by atoms with Crippen LogP contribution in [0.15, 0.2) is 0 Å². The van der Waals surface area contributed by atoms with Crippen molar-refractivity contribution in [3.8, 4) is 0 Å². The second kappa shape index (κ2) is 2.74. The highest BCUT2D eigenvalue weighted by Crippen LogP contribution is 2.42. The molecule has 1 saturated heterocycles. The molecule has 0 N–H and O–H groups in total. The zero-order chi connectivity index (χ0) is 7.78. The topological polar surface area (TPSA) is 9.23 Å². The van der Waals surface area contributed by atoms with Crippen LogP contribution in [0.3, 0.4) is 0 Å². The third-order valence-electron chi connectivity index (χ3n) is 2.09. The highest BCUT2D eigenvalue weighted by Gasteiger charge is 2.37. The first-order valence-electron chi connectivity index (χ1n) is 3.86. The lowest BCUT2D eigenvalue weighted by Gasteiger charge is -2.26. The zero-order valence-electron chi connectivity index (χ0n) is 7.18. The fraction of sp³-hybridized carbons (Fsp3) is 1.00. The lowest BCUT2D eigenvalue weighted by Crippen LogP contribution is -2.26. The average molecular weight is 160 g/mol. The van der Waals surface area contributed by atoms with Crippen molar-refractivity contribution in [2.75, 3.05) is 6.61 Å². The summed E-state index contributed by atoms with van der Waals surface area (Å²) in [5.74, 6) is 0.613. The van der Waals surface area contributed by atoms with Crippen LogP contribution >= 0.6 is 11.8 Å². The molecular formula is C8H16OS. The second-order valence-electron chi connectivity index (χ2n) is 3.41. The van der Waals surface area contributed by atoms with Gasteiger partial charge in [0.05, 0.1) is 6.61 Å². The van der Waals surface area contributed by atoms with Crippen molar-refractivity contribution in [1.29, 1.82) is 0 Å². The van der Waals surface area contributed by atoms with Crippen LogP contribution < -0.4 is 0 Å². The minimum absolute atomic E-state index is 0.0828. The Labute approximate surface area is 67.5 Å². The van der Waals surface area contributed by atoms with Gasteiger partial charge in [-0.3, -0.25) is 0 Å². The molecule has 0 bridgehead atoms. The molecule has 0 unspecified atom stereocenters. The maximum Gasteiger partial charge on any atom is 0.113 e. The molecule has 0 amide bonds. The summed E-state index contributed by atoms with van der Waals surface area (Å²) >= 11 is 1.95. The van der Waals surface area contributed by atoms with E-state index in [1.165, 1.54) is 0 Å². The van der Waals surface area contributed by atoms with Crippen LogP contribution in [-0.4, -0.2) is 16.8 Å². The second-order valence-corrected chi connectivity index (χ2v) is 5.26. The zero-order valence-corrected chi connectivity index (χ0v) is 7.99. The molecule has 60 valence electrons. The van der Waals surface area contributed by atoms with E-state index >= 15 is 0 Å². The van der Waals surface area contributed by atoms with Gasteiger partial charge in [-0.15, -0.1) is 11.8 Å². The molecule has 1 heterocycles. The predicted octanol–water partition coefficient (Wildman–Crippen LogP) is 2.51. The van der Waals surface area contributed by atoms with Gasteiger partial charge in [-0.1, -0.05) is 20.8 Å². The van der Waals surface area contributed by atoms with Gasteiger partial charge in [-0.2, -0.15) is 0 Å². The Morgan fingerprint density at radius 1 is 1.60 bits per heavy atom. The molecule has 0 aromatic carbocycles. The van der Waals surface area contributed by atoms with Crippen LogP contribution in [0, 0.1) is 5.92 Å². The molecule has 10 heavy (non-hydrogen) atoms. The fourth-order valence-corrected chi connectivity index (χ4v) is 2.40. The van der Waals surface area contributed by atoms with Crippen LogP contribution in [-0.2, 0) is 4.74 Å². The molecule has 1 rings (SSSR count). The number of hydrogen-bond acceptors (Lipinski definition) is 2. The van der Waals surface area contributed by atoms with Crippen molar-refractivity contribution in [3.05, 3.63) is 0 Å². The van der Waals surface area contributed by atoms with Gasteiger partial charge in [-0.05, 0) is 12.8 Å². The van der Waals surface area contributed by atoms with E-state index in [9.17, 15) is 0 Å². The van der Waals surface area contributed by atoms with Crippen LogP contribution in [0.25, 0.3) is 0 Å². The Kier molecular flexibility index (Phi) is 2.31. The Balaban J connectivity index is 2.54. The molecular weight excluding hydrogens is 144 g/mol. The number of hydrogen-bond donors (Lipinski definition) is 0. The molecule has 1 aliphatic heterocycles.